The maximum Gasteiger partial charge on any atom is 0.221 e. The van der Waals surface area contributed by atoms with Gasteiger partial charge in [-0.2, -0.15) is 0 Å². The van der Waals surface area contributed by atoms with Gasteiger partial charge < -0.3 is 11.1 Å². The predicted octanol–water partition coefficient (Wildman–Crippen LogP) is 2.31. The first-order valence-electron chi connectivity index (χ1n) is 5.73. The van der Waals surface area contributed by atoms with Crippen molar-refractivity contribution in [2.24, 2.45) is 0 Å². The highest BCUT2D eigenvalue weighted by atomic mass is 32.2. The number of nitrogen functional groups attached to an aromatic ring is 1. The summed E-state index contributed by atoms with van der Waals surface area (Å²) in [5.41, 5.74) is 5.37. The van der Waals surface area contributed by atoms with Crippen molar-refractivity contribution in [2.75, 3.05) is 11.5 Å². The Bertz CT molecular complexity index is 440. The maximum atomic E-state index is 13.4. The number of nitrogens with one attached hydrogen (secondary N) is 1. The van der Waals surface area contributed by atoms with Crippen molar-refractivity contribution in [2.45, 2.75) is 30.2 Å². The smallest absolute Gasteiger partial charge is 0.221 e. The number of benzene rings is 1. The molecule has 18 heavy (non-hydrogen) atoms. The number of hydrogen-bond donors (Lipinski definition) is 2. The molecule has 1 aromatic carbocycles. The molecule has 0 saturated heterocycles. The molecule has 0 spiro atoms. The van der Waals surface area contributed by atoms with Crippen LogP contribution in [0.15, 0.2) is 17.0 Å². The van der Waals surface area contributed by atoms with E-state index in [1.54, 1.807) is 0 Å². The largest absolute Gasteiger partial charge is 0.399 e. The summed E-state index contributed by atoms with van der Waals surface area (Å²) in [5.74, 6) is -1.09. The Morgan fingerprint density at radius 1 is 1.39 bits per heavy atom. The minimum atomic E-state index is -0.680. The highest BCUT2D eigenvalue weighted by Crippen LogP contribution is 2.27. The van der Waals surface area contributed by atoms with Gasteiger partial charge >= 0.3 is 0 Å². The molecule has 1 aliphatic carbocycles. The quantitative estimate of drug-likeness (QED) is 0.639. The summed E-state index contributed by atoms with van der Waals surface area (Å²) in [4.78, 5) is 11.3. The Kier molecular flexibility index (Phi) is 4.06. The van der Waals surface area contributed by atoms with Gasteiger partial charge in [0.25, 0.3) is 0 Å². The molecule has 0 heterocycles. The molecule has 0 unspecified atom stereocenters. The Hall–Kier alpha value is -1.30. The van der Waals surface area contributed by atoms with E-state index in [1.807, 2.05) is 0 Å². The number of thioether (sulfide) groups is 1. The summed E-state index contributed by atoms with van der Waals surface area (Å²) in [7, 11) is 0. The van der Waals surface area contributed by atoms with Crippen LogP contribution in [0.25, 0.3) is 0 Å². The van der Waals surface area contributed by atoms with Crippen LogP contribution in [0.4, 0.5) is 14.5 Å². The van der Waals surface area contributed by atoms with Crippen molar-refractivity contribution in [3.05, 3.63) is 23.8 Å². The predicted molar refractivity (Wildman–Crippen MR) is 67.3 cm³/mol. The lowest BCUT2D eigenvalue weighted by molar-refractivity contribution is -0.120. The summed E-state index contributed by atoms with van der Waals surface area (Å²) >= 11 is 0.992. The molecule has 0 aliphatic heterocycles. The molecule has 1 amide bonds. The van der Waals surface area contributed by atoms with Gasteiger partial charge in [-0.05, 0) is 25.0 Å². The fourth-order valence-corrected chi connectivity index (χ4v) is 2.38. The molecule has 0 atom stereocenters. The van der Waals surface area contributed by atoms with Gasteiger partial charge in [-0.15, -0.1) is 11.8 Å². The number of carbonyl (C=O) groups excluding carboxylic acids is 1. The van der Waals surface area contributed by atoms with Gasteiger partial charge in [0.2, 0.25) is 5.91 Å². The lowest BCUT2D eigenvalue weighted by atomic mass is 10.3. The molecule has 1 aliphatic rings. The van der Waals surface area contributed by atoms with E-state index in [1.165, 1.54) is 0 Å². The molecule has 1 fully saturated rings. The van der Waals surface area contributed by atoms with Crippen LogP contribution >= 0.6 is 11.8 Å². The molecule has 98 valence electrons. The topological polar surface area (TPSA) is 55.1 Å². The molecule has 1 saturated carbocycles. The van der Waals surface area contributed by atoms with Crippen molar-refractivity contribution < 1.29 is 13.6 Å². The normalized spacial score (nSPS) is 14.6. The highest BCUT2D eigenvalue weighted by Gasteiger charge is 2.23. The summed E-state index contributed by atoms with van der Waals surface area (Å²) in [6, 6.07) is 2.47. The van der Waals surface area contributed by atoms with Crippen LogP contribution in [0.2, 0.25) is 0 Å². The second-order valence-electron chi connectivity index (χ2n) is 4.25. The summed E-state index contributed by atoms with van der Waals surface area (Å²) in [5, 5.41) is 2.82. The average Bonchev–Trinajstić information content (AvgIpc) is 3.05. The van der Waals surface area contributed by atoms with E-state index in [9.17, 15) is 13.6 Å². The van der Waals surface area contributed by atoms with Gasteiger partial charge in [-0.3, -0.25) is 4.79 Å². The van der Waals surface area contributed by atoms with Crippen molar-refractivity contribution >= 4 is 23.4 Å². The van der Waals surface area contributed by atoms with Gasteiger partial charge in [-0.1, -0.05) is 0 Å². The second kappa shape index (κ2) is 5.56. The first-order chi connectivity index (χ1) is 8.56. The van der Waals surface area contributed by atoms with Crippen molar-refractivity contribution in [3.63, 3.8) is 0 Å². The van der Waals surface area contributed by atoms with Crippen molar-refractivity contribution in [3.8, 4) is 0 Å². The number of halogens is 2. The summed E-state index contributed by atoms with van der Waals surface area (Å²) in [6.45, 7) is 0. The fourth-order valence-electron chi connectivity index (χ4n) is 1.49. The Morgan fingerprint density at radius 2 is 2.00 bits per heavy atom. The summed E-state index contributed by atoms with van der Waals surface area (Å²) in [6.07, 6.45) is 2.31. The Labute approximate surface area is 108 Å². The minimum Gasteiger partial charge on any atom is -0.399 e. The number of carbonyl (C=O) groups is 1. The molecular weight excluding hydrogens is 258 g/mol. The van der Waals surface area contributed by atoms with Gasteiger partial charge in [-0.25, -0.2) is 8.78 Å². The van der Waals surface area contributed by atoms with E-state index < -0.39 is 11.6 Å². The fraction of sp³-hybridized carbons (Fsp3) is 0.417. The number of hydrogen-bond acceptors (Lipinski definition) is 3. The average molecular weight is 272 g/mol. The van der Waals surface area contributed by atoms with Crippen LogP contribution < -0.4 is 11.1 Å². The maximum absolute atomic E-state index is 13.4. The number of rotatable bonds is 5. The highest BCUT2D eigenvalue weighted by molar-refractivity contribution is 7.99. The molecule has 3 N–H and O–H groups in total. The van der Waals surface area contributed by atoms with Gasteiger partial charge in [0.1, 0.15) is 11.6 Å². The first-order valence-corrected chi connectivity index (χ1v) is 6.71. The standard InChI is InChI=1S/C12H14F2N2OS/c13-9-5-7(15)6-10(14)12(9)18-4-3-11(17)16-8-1-2-8/h5-6,8H,1-4,15H2,(H,16,17). The van der Waals surface area contributed by atoms with Crippen LogP contribution in [0.5, 0.6) is 0 Å². The molecule has 2 rings (SSSR count). The number of nitrogens with two attached hydrogens (primary N) is 1. The SMILES string of the molecule is Nc1cc(F)c(SCCC(=O)NC2CC2)c(F)c1. The lowest BCUT2D eigenvalue weighted by Gasteiger charge is -2.06. The zero-order chi connectivity index (χ0) is 13.1. The number of amides is 1. The van der Waals surface area contributed by atoms with Crippen LogP contribution in [0.1, 0.15) is 19.3 Å². The monoisotopic (exact) mass is 272 g/mol. The minimum absolute atomic E-state index is 0.0563. The van der Waals surface area contributed by atoms with Crippen molar-refractivity contribution in [1.29, 1.82) is 0 Å². The van der Waals surface area contributed by atoms with E-state index in [2.05, 4.69) is 5.32 Å². The molecule has 6 heteroatoms. The van der Waals surface area contributed by atoms with Crippen LogP contribution in [0, 0.1) is 11.6 Å². The van der Waals surface area contributed by atoms with Crippen molar-refractivity contribution in [1.82, 2.24) is 5.32 Å². The third-order valence-corrected chi connectivity index (χ3v) is 3.63. The van der Waals surface area contributed by atoms with E-state index in [4.69, 9.17) is 5.73 Å². The van der Waals surface area contributed by atoms with E-state index in [-0.39, 0.29) is 22.9 Å². The molecule has 1 aromatic rings. The van der Waals surface area contributed by atoms with Gasteiger partial charge in [0.05, 0.1) is 4.90 Å². The van der Waals surface area contributed by atoms with E-state index in [0.29, 0.717) is 11.8 Å². The van der Waals surface area contributed by atoms with Crippen LogP contribution in [-0.2, 0) is 4.79 Å². The third-order valence-electron chi connectivity index (χ3n) is 2.54. The zero-order valence-electron chi connectivity index (χ0n) is 9.71. The van der Waals surface area contributed by atoms with E-state index in [0.717, 1.165) is 36.7 Å². The third kappa shape index (κ3) is 3.60. The van der Waals surface area contributed by atoms with E-state index >= 15 is 0 Å². The van der Waals surface area contributed by atoms with Gasteiger partial charge in [0.15, 0.2) is 0 Å². The Morgan fingerprint density at radius 3 is 2.56 bits per heavy atom. The lowest BCUT2D eigenvalue weighted by Crippen LogP contribution is -2.25. The summed E-state index contributed by atoms with van der Waals surface area (Å²) < 4.78 is 26.8. The molecular formula is C12H14F2N2OS. The Balaban J connectivity index is 1.84. The van der Waals surface area contributed by atoms with Crippen LogP contribution in [-0.4, -0.2) is 17.7 Å². The van der Waals surface area contributed by atoms with Gasteiger partial charge in [0, 0.05) is 23.9 Å². The molecule has 0 radical (unpaired) electrons. The van der Waals surface area contributed by atoms with Crippen LogP contribution in [0.3, 0.4) is 0 Å². The second-order valence-corrected chi connectivity index (χ2v) is 5.36. The first kappa shape index (κ1) is 13.1. The number of anilines is 1. The molecule has 0 bridgehead atoms. The molecule has 0 aromatic heterocycles. The molecule has 3 nitrogen and oxygen atoms in total. The zero-order valence-corrected chi connectivity index (χ0v) is 10.5.